The van der Waals surface area contributed by atoms with Crippen molar-refractivity contribution < 1.29 is 14.5 Å². The molecule has 1 aliphatic heterocycles. The number of nitro benzene ring substituents is 1. The normalized spacial score (nSPS) is 15.6. The van der Waals surface area contributed by atoms with Crippen LogP contribution in [0.15, 0.2) is 54.6 Å². The van der Waals surface area contributed by atoms with Crippen molar-refractivity contribution in [3.05, 3.63) is 75.8 Å². The fourth-order valence-electron chi connectivity index (χ4n) is 3.12. The summed E-state index contributed by atoms with van der Waals surface area (Å²) in [6.45, 7) is 2.33. The number of carbonyl (C=O) groups excluding carboxylic acids is 2. The zero-order valence-corrected chi connectivity index (χ0v) is 14.8. The second-order valence-corrected chi connectivity index (χ2v) is 6.13. The molecule has 7 heteroatoms. The molecule has 0 aromatic heterocycles. The molecule has 7 nitrogen and oxygen atoms in total. The molecular formula is C20H19N3O4. The smallest absolute Gasteiger partial charge is 0.269 e. The number of non-ortho nitro benzene ring substituents is 1. The summed E-state index contributed by atoms with van der Waals surface area (Å²) in [5, 5.41) is 13.5. The second-order valence-electron chi connectivity index (χ2n) is 6.13. The van der Waals surface area contributed by atoms with Gasteiger partial charge in [-0.25, -0.2) is 0 Å². The first-order valence-electron chi connectivity index (χ1n) is 8.62. The predicted octanol–water partition coefficient (Wildman–Crippen LogP) is 2.70. The molecule has 0 aliphatic carbocycles. The van der Waals surface area contributed by atoms with Gasteiger partial charge in [-0.3, -0.25) is 24.6 Å². The van der Waals surface area contributed by atoms with Gasteiger partial charge in [-0.1, -0.05) is 18.2 Å². The highest BCUT2D eigenvalue weighted by molar-refractivity contribution is 6.09. The number of nitrogens with zero attached hydrogens (tertiary/aromatic N) is 2. The number of hydrogen-bond donors (Lipinski definition) is 1. The van der Waals surface area contributed by atoms with E-state index in [1.54, 1.807) is 18.2 Å². The number of para-hydroxylation sites is 1. The molecule has 2 aromatic rings. The average Bonchev–Trinajstić information content (AvgIpc) is 3.06. The summed E-state index contributed by atoms with van der Waals surface area (Å²) in [6, 6.07) is 12.8. The number of benzene rings is 2. The predicted molar refractivity (Wildman–Crippen MR) is 102 cm³/mol. The molecule has 0 spiro atoms. The lowest BCUT2D eigenvalue weighted by Gasteiger charge is -2.23. The van der Waals surface area contributed by atoms with Crippen molar-refractivity contribution in [1.29, 1.82) is 0 Å². The third-order valence-corrected chi connectivity index (χ3v) is 4.39. The molecule has 1 N–H and O–H groups in total. The number of amides is 2. The van der Waals surface area contributed by atoms with Gasteiger partial charge in [0.2, 0.25) is 5.91 Å². The van der Waals surface area contributed by atoms with Crippen LogP contribution in [0.3, 0.4) is 0 Å². The van der Waals surface area contributed by atoms with E-state index >= 15 is 0 Å². The van der Waals surface area contributed by atoms with Crippen LogP contribution >= 0.6 is 0 Å². The van der Waals surface area contributed by atoms with Gasteiger partial charge in [0.15, 0.2) is 0 Å². The van der Waals surface area contributed by atoms with Crippen LogP contribution in [0, 0.1) is 10.1 Å². The lowest BCUT2D eigenvalue weighted by molar-refractivity contribution is -0.384. The van der Waals surface area contributed by atoms with Gasteiger partial charge >= 0.3 is 0 Å². The summed E-state index contributed by atoms with van der Waals surface area (Å²) in [4.78, 5) is 37.0. The Bertz CT molecular complexity index is 906. The molecule has 1 heterocycles. The first-order chi connectivity index (χ1) is 13.0. The molecular weight excluding hydrogens is 346 g/mol. The van der Waals surface area contributed by atoms with Gasteiger partial charge < -0.3 is 5.32 Å². The fourth-order valence-corrected chi connectivity index (χ4v) is 3.12. The highest BCUT2D eigenvalue weighted by Gasteiger charge is 2.37. The Labute approximate surface area is 156 Å². The second kappa shape index (κ2) is 7.82. The maximum absolute atomic E-state index is 12.8. The van der Waals surface area contributed by atoms with Crippen LogP contribution in [-0.2, 0) is 16.0 Å². The molecule has 2 amide bonds. The minimum atomic E-state index is -0.587. The van der Waals surface area contributed by atoms with Gasteiger partial charge in [0.1, 0.15) is 6.04 Å². The summed E-state index contributed by atoms with van der Waals surface area (Å²) in [5.41, 5.74) is 2.33. The van der Waals surface area contributed by atoms with Crippen LogP contribution in [0.1, 0.15) is 18.1 Å². The van der Waals surface area contributed by atoms with Gasteiger partial charge in [-0.05, 0) is 42.3 Å². The molecule has 0 radical (unpaired) electrons. The zero-order valence-electron chi connectivity index (χ0n) is 14.8. The maximum Gasteiger partial charge on any atom is 0.269 e. The van der Waals surface area contributed by atoms with E-state index in [0.29, 0.717) is 18.5 Å². The van der Waals surface area contributed by atoms with Crippen LogP contribution in [0.2, 0.25) is 0 Å². The highest BCUT2D eigenvalue weighted by Crippen LogP contribution is 2.32. The summed E-state index contributed by atoms with van der Waals surface area (Å²) in [5.74, 6) is -0.500. The Morgan fingerprint density at radius 3 is 2.59 bits per heavy atom. The number of rotatable bonds is 5. The first kappa shape index (κ1) is 18.3. The Morgan fingerprint density at radius 2 is 1.93 bits per heavy atom. The molecule has 27 heavy (non-hydrogen) atoms. The van der Waals surface area contributed by atoms with E-state index in [-0.39, 0.29) is 17.5 Å². The standard InChI is InChI=1S/C20H19N3O4/c1-2-21-20(25)18-13-15-5-3-4-6-17(15)22(18)19(24)12-9-14-7-10-16(11-8-14)23(26)27/h3-12,18H,2,13H2,1H3,(H,21,25)/b12-9-. The summed E-state index contributed by atoms with van der Waals surface area (Å²) >= 11 is 0. The lowest BCUT2D eigenvalue weighted by atomic mass is 10.1. The van der Waals surface area contributed by atoms with Crippen LogP contribution in [0.5, 0.6) is 0 Å². The van der Waals surface area contributed by atoms with E-state index in [0.717, 1.165) is 11.3 Å². The first-order valence-corrected chi connectivity index (χ1v) is 8.62. The topological polar surface area (TPSA) is 92.6 Å². The van der Waals surface area contributed by atoms with Crippen molar-refractivity contribution in [2.75, 3.05) is 11.4 Å². The third-order valence-electron chi connectivity index (χ3n) is 4.39. The molecule has 2 aromatic carbocycles. The molecule has 0 fully saturated rings. The van der Waals surface area contributed by atoms with E-state index in [1.807, 2.05) is 31.2 Å². The molecule has 1 aliphatic rings. The van der Waals surface area contributed by atoms with E-state index in [1.165, 1.54) is 23.1 Å². The third kappa shape index (κ3) is 3.87. The van der Waals surface area contributed by atoms with E-state index < -0.39 is 11.0 Å². The van der Waals surface area contributed by atoms with Crippen LogP contribution in [-0.4, -0.2) is 29.3 Å². The number of nitro groups is 1. The number of fused-ring (bicyclic) bond motifs is 1. The minimum absolute atomic E-state index is 0.0109. The quantitative estimate of drug-likeness (QED) is 0.501. The van der Waals surface area contributed by atoms with Crippen LogP contribution < -0.4 is 10.2 Å². The molecule has 138 valence electrons. The molecule has 1 unspecified atom stereocenters. The summed E-state index contributed by atoms with van der Waals surface area (Å²) in [6.07, 6.45) is 3.44. The molecule has 0 saturated carbocycles. The van der Waals surface area contributed by atoms with E-state index in [4.69, 9.17) is 0 Å². The summed E-state index contributed by atoms with van der Waals surface area (Å²) in [7, 11) is 0. The number of nitrogens with one attached hydrogen (secondary N) is 1. The van der Waals surface area contributed by atoms with Gasteiger partial charge in [0.25, 0.3) is 11.6 Å². The van der Waals surface area contributed by atoms with Crippen LogP contribution in [0.4, 0.5) is 11.4 Å². The molecule has 0 saturated heterocycles. The monoisotopic (exact) mass is 365 g/mol. The molecule has 0 bridgehead atoms. The van der Waals surface area contributed by atoms with Gasteiger partial charge in [-0.15, -0.1) is 0 Å². The Morgan fingerprint density at radius 1 is 1.22 bits per heavy atom. The maximum atomic E-state index is 12.8. The zero-order chi connectivity index (χ0) is 19.4. The van der Waals surface area contributed by atoms with Crippen molar-refractivity contribution in [3.63, 3.8) is 0 Å². The van der Waals surface area contributed by atoms with Crippen molar-refractivity contribution in [2.24, 2.45) is 0 Å². The minimum Gasteiger partial charge on any atom is -0.355 e. The van der Waals surface area contributed by atoms with E-state index in [2.05, 4.69) is 5.32 Å². The van der Waals surface area contributed by atoms with Crippen molar-refractivity contribution in [1.82, 2.24) is 5.32 Å². The molecule has 3 rings (SSSR count). The van der Waals surface area contributed by atoms with Gasteiger partial charge in [-0.2, -0.15) is 0 Å². The van der Waals surface area contributed by atoms with E-state index in [9.17, 15) is 19.7 Å². The van der Waals surface area contributed by atoms with Gasteiger partial charge in [0, 0.05) is 36.9 Å². The Balaban J connectivity index is 1.83. The Kier molecular flexibility index (Phi) is 5.30. The van der Waals surface area contributed by atoms with Crippen molar-refractivity contribution >= 4 is 29.3 Å². The largest absolute Gasteiger partial charge is 0.355 e. The molecule has 1 atom stereocenters. The number of hydrogen-bond acceptors (Lipinski definition) is 4. The van der Waals surface area contributed by atoms with Crippen LogP contribution in [0.25, 0.3) is 6.08 Å². The van der Waals surface area contributed by atoms with Crippen molar-refractivity contribution in [3.8, 4) is 0 Å². The lowest BCUT2D eigenvalue weighted by Crippen LogP contribution is -2.47. The SMILES string of the molecule is CCNC(=O)C1Cc2ccccc2N1C(=O)/C=C\c1ccc([N+](=O)[O-])cc1. The summed E-state index contributed by atoms with van der Waals surface area (Å²) < 4.78 is 0. The average molecular weight is 365 g/mol. The fraction of sp³-hybridized carbons (Fsp3) is 0.200. The van der Waals surface area contributed by atoms with Crippen molar-refractivity contribution in [2.45, 2.75) is 19.4 Å². The van der Waals surface area contributed by atoms with Gasteiger partial charge in [0.05, 0.1) is 4.92 Å². The Hall–Kier alpha value is -3.48. The number of carbonyl (C=O) groups is 2. The highest BCUT2D eigenvalue weighted by atomic mass is 16.6. The number of likely N-dealkylation sites (N-methyl/N-ethyl adjacent to an activating group) is 1. The number of anilines is 1.